The van der Waals surface area contributed by atoms with E-state index in [0.29, 0.717) is 97.9 Å². The van der Waals surface area contributed by atoms with Gasteiger partial charge in [-0.25, -0.2) is 14.8 Å². The van der Waals surface area contributed by atoms with E-state index in [9.17, 15) is 22.8 Å². The maximum Gasteiger partial charge on any atom is 0.422 e. The molecule has 2 aromatic carbocycles. The standard InChI is InChI=1S/C45H55F3N8O4/c1-5-28-22-31-37(38(60-26-45(46,47)48)36(28)35-27(4)8-9-33-32(35)23-51-54-33)52-40(29-10-18-55(19-11-29)30-12-20-56(21-13-30)41(58)59-7-3)53-39(31)43(49)16-14-42(15-17-43)24-44(50,25-42)34(57)6-2/h5-6,8-9,22-23,29-30H,1-2,7,10-21,24-26,49-50H2,3-4H3,(H,51,54). The Morgan fingerprint density at radius 2 is 1.68 bits per heavy atom. The lowest BCUT2D eigenvalue weighted by molar-refractivity contribution is -0.153. The molecule has 15 heteroatoms. The van der Waals surface area contributed by atoms with Crippen molar-refractivity contribution >= 4 is 39.8 Å². The smallest absolute Gasteiger partial charge is 0.422 e. The van der Waals surface area contributed by atoms with Gasteiger partial charge in [0, 0.05) is 41.4 Å². The Kier molecular flexibility index (Phi) is 11.1. The molecule has 12 nitrogen and oxygen atoms in total. The van der Waals surface area contributed by atoms with Gasteiger partial charge in [0.2, 0.25) is 0 Å². The van der Waals surface area contributed by atoms with Crippen LogP contribution in [0.2, 0.25) is 0 Å². The predicted molar refractivity (Wildman–Crippen MR) is 224 cm³/mol. The van der Waals surface area contributed by atoms with E-state index in [-0.39, 0.29) is 34.5 Å². The molecule has 8 rings (SSSR count). The van der Waals surface area contributed by atoms with Gasteiger partial charge >= 0.3 is 12.3 Å². The number of aryl methyl sites for hydroxylation is 1. The largest absolute Gasteiger partial charge is 0.481 e. The van der Waals surface area contributed by atoms with Crippen LogP contribution in [0.3, 0.4) is 0 Å². The molecular formula is C45H55F3N8O4. The number of carbonyl (C=O) groups is 2. The molecule has 0 unspecified atom stereocenters. The Balaban J connectivity index is 1.20. The summed E-state index contributed by atoms with van der Waals surface area (Å²) in [5, 5.41) is 8.50. The van der Waals surface area contributed by atoms with E-state index in [0.717, 1.165) is 55.2 Å². The van der Waals surface area contributed by atoms with Crippen molar-refractivity contribution in [3.05, 3.63) is 66.3 Å². The van der Waals surface area contributed by atoms with Crippen molar-refractivity contribution in [1.82, 2.24) is 30.0 Å². The van der Waals surface area contributed by atoms with E-state index < -0.39 is 23.9 Å². The van der Waals surface area contributed by atoms with Crippen LogP contribution in [-0.4, -0.2) is 99.0 Å². The number of nitrogens with one attached hydrogen (secondary N) is 1. The molecule has 2 saturated heterocycles. The third-order valence-corrected chi connectivity index (χ3v) is 13.8. The lowest BCUT2D eigenvalue weighted by Crippen LogP contribution is -2.64. The van der Waals surface area contributed by atoms with Crippen molar-refractivity contribution in [2.45, 2.75) is 107 Å². The van der Waals surface area contributed by atoms with E-state index >= 15 is 0 Å². The Labute approximate surface area is 347 Å². The number of piperidine rings is 2. The number of halogens is 3. The van der Waals surface area contributed by atoms with Crippen LogP contribution in [0.15, 0.2) is 43.6 Å². The molecule has 2 saturated carbocycles. The highest BCUT2D eigenvalue weighted by atomic mass is 19.4. The first-order chi connectivity index (χ1) is 28.6. The minimum absolute atomic E-state index is 0.00190. The number of hydrogen-bond acceptors (Lipinski definition) is 10. The minimum Gasteiger partial charge on any atom is -0.481 e. The predicted octanol–water partition coefficient (Wildman–Crippen LogP) is 7.83. The third kappa shape index (κ3) is 7.68. The second kappa shape index (κ2) is 15.9. The van der Waals surface area contributed by atoms with Gasteiger partial charge in [-0.05, 0) is 131 Å². The van der Waals surface area contributed by atoms with Gasteiger partial charge in [-0.2, -0.15) is 18.3 Å². The molecule has 60 heavy (non-hydrogen) atoms. The average Bonchev–Trinajstić information content (AvgIpc) is 3.71. The monoisotopic (exact) mass is 828 g/mol. The van der Waals surface area contributed by atoms with Gasteiger partial charge in [-0.1, -0.05) is 25.3 Å². The molecule has 4 aliphatic rings. The maximum atomic E-state index is 14.2. The molecule has 2 aromatic heterocycles. The first-order valence-corrected chi connectivity index (χ1v) is 21.1. The highest BCUT2D eigenvalue weighted by molar-refractivity contribution is 6.05. The topological polar surface area (TPSA) is 166 Å². The number of amides is 1. The summed E-state index contributed by atoms with van der Waals surface area (Å²) in [6.45, 7) is 13.1. The second-order valence-corrected chi connectivity index (χ2v) is 17.7. The number of ketones is 1. The Bertz CT molecular complexity index is 2310. The molecule has 2 aliphatic carbocycles. The number of ether oxygens (including phenoxy) is 2. The Morgan fingerprint density at radius 1 is 0.983 bits per heavy atom. The van der Waals surface area contributed by atoms with Gasteiger partial charge in [0.05, 0.1) is 35.1 Å². The number of benzene rings is 2. The van der Waals surface area contributed by atoms with Gasteiger partial charge in [-0.15, -0.1) is 0 Å². The highest BCUT2D eigenvalue weighted by Gasteiger charge is 2.58. The Hall–Kier alpha value is -4.86. The van der Waals surface area contributed by atoms with E-state index in [4.69, 9.17) is 30.9 Å². The number of likely N-dealkylation sites (tertiary alicyclic amines) is 2. The van der Waals surface area contributed by atoms with Crippen molar-refractivity contribution < 1.29 is 32.2 Å². The van der Waals surface area contributed by atoms with Gasteiger partial charge in [-0.3, -0.25) is 9.89 Å². The summed E-state index contributed by atoms with van der Waals surface area (Å²) < 4.78 is 53.7. The number of nitrogens with zero attached hydrogens (tertiary/aromatic N) is 5. The van der Waals surface area contributed by atoms with Crippen molar-refractivity contribution in [3.63, 3.8) is 0 Å². The zero-order valence-corrected chi connectivity index (χ0v) is 34.5. The van der Waals surface area contributed by atoms with E-state index in [1.807, 2.05) is 25.1 Å². The summed E-state index contributed by atoms with van der Waals surface area (Å²) in [5.41, 5.74) is 16.0. The van der Waals surface area contributed by atoms with Crippen LogP contribution in [0, 0.1) is 12.3 Å². The number of fused-ring (bicyclic) bond motifs is 2. The highest BCUT2D eigenvalue weighted by Crippen LogP contribution is 2.59. The molecule has 4 heterocycles. The second-order valence-electron chi connectivity index (χ2n) is 17.7. The fraction of sp³-hybridized carbons (Fsp3) is 0.533. The number of carbonyl (C=O) groups excluding carboxylic acids is 2. The summed E-state index contributed by atoms with van der Waals surface area (Å²) in [6.07, 6.45) is 6.47. The molecule has 1 spiro atoms. The third-order valence-electron chi connectivity index (χ3n) is 13.8. The quantitative estimate of drug-likeness (QED) is 0.134. The van der Waals surface area contributed by atoms with Crippen molar-refractivity contribution in [3.8, 4) is 16.9 Å². The van der Waals surface area contributed by atoms with Gasteiger partial charge in [0.15, 0.2) is 18.1 Å². The van der Waals surface area contributed by atoms with Crippen LogP contribution in [0.5, 0.6) is 5.75 Å². The van der Waals surface area contributed by atoms with Crippen LogP contribution in [0.4, 0.5) is 18.0 Å². The number of H-pyrrole nitrogens is 1. The van der Waals surface area contributed by atoms with Crippen molar-refractivity contribution in [1.29, 1.82) is 0 Å². The minimum atomic E-state index is -4.64. The number of alkyl halides is 3. The van der Waals surface area contributed by atoms with Crippen LogP contribution in [-0.2, 0) is 15.1 Å². The maximum absolute atomic E-state index is 14.2. The molecule has 5 N–H and O–H groups in total. The number of rotatable bonds is 10. The number of hydrogen-bond donors (Lipinski definition) is 3. The van der Waals surface area contributed by atoms with Crippen molar-refractivity contribution in [2.75, 3.05) is 39.4 Å². The summed E-state index contributed by atoms with van der Waals surface area (Å²) in [7, 11) is 0. The van der Waals surface area contributed by atoms with Gasteiger partial charge in [0.25, 0.3) is 0 Å². The first kappa shape index (κ1) is 41.9. The molecule has 0 radical (unpaired) electrons. The molecule has 4 aromatic rings. The van der Waals surface area contributed by atoms with Crippen LogP contribution in [0.1, 0.15) is 99.7 Å². The normalized spacial score (nSPS) is 25.7. The fourth-order valence-electron chi connectivity index (χ4n) is 10.6. The lowest BCUT2D eigenvalue weighted by Gasteiger charge is -2.57. The Morgan fingerprint density at radius 3 is 2.32 bits per heavy atom. The number of aromatic nitrogens is 4. The van der Waals surface area contributed by atoms with E-state index in [1.165, 1.54) is 6.08 Å². The van der Waals surface area contributed by atoms with Crippen LogP contribution >= 0.6 is 0 Å². The van der Waals surface area contributed by atoms with Crippen LogP contribution in [0.25, 0.3) is 39.0 Å². The molecule has 4 fully saturated rings. The summed E-state index contributed by atoms with van der Waals surface area (Å²) in [5.74, 6) is 0.290. The average molecular weight is 829 g/mol. The molecule has 0 atom stereocenters. The van der Waals surface area contributed by atoms with Gasteiger partial charge < -0.3 is 30.7 Å². The zero-order valence-electron chi connectivity index (χ0n) is 34.5. The molecule has 0 bridgehead atoms. The first-order valence-electron chi connectivity index (χ1n) is 21.1. The molecule has 2 aliphatic heterocycles. The summed E-state index contributed by atoms with van der Waals surface area (Å²) in [6, 6.07) is 6.01. The lowest BCUT2D eigenvalue weighted by atomic mass is 9.49. The summed E-state index contributed by atoms with van der Waals surface area (Å²) in [4.78, 5) is 39.7. The molecule has 1 amide bonds. The zero-order chi connectivity index (χ0) is 42.6. The summed E-state index contributed by atoms with van der Waals surface area (Å²) >= 11 is 0. The number of nitrogens with two attached hydrogens (primary N) is 2. The molecule has 320 valence electrons. The van der Waals surface area contributed by atoms with E-state index in [1.54, 1.807) is 24.1 Å². The van der Waals surface area contributed by atoms with Gasteiger partial charge in [0.1, 0.15) is 11.3 Å². The SMILES string of the molecule is C=CC(=O)C1(N)CC2(CCC(N)(c3nc(C4CCN(C5CCN(C(=O)OCC)CC5)CC4)nc4c(OCC(F)(F)F)c(-c5c(C)ccc6[nH]ncc56)c(C=C)cc34)CC2)C1. The van der Waals surface area contributed by atoms with Crippen molar-refractivity contribution in [2.24, 2.45) is 16.9 Å². The van der Waals surface area contributed by atoms with Crippen LogP contribution < -0.4 is 16.2 Å². The molecular weight excluding hydrogens is 774 g/mol. The fourth-order valence-corrected chi connectivity index (χ4v) is 10.6. The van der Waals surface area contributed by atoms with E-state index in [2.05, 4.69) is 28.3 Å². The number of aromatic amines is 1.